The third kappa shape index (κ3) is 2.41. The molecule has 21 heavy (non-hydrogen) atoms. The molecule has 4 rings (SSSR count). The van der Waals surface area contributed by atoms with Gasteiger partial charge in [0.05, 0.1) is 4.92 Å². The molecule has 2 bridgehead atoms. The summed E-state index contributed by atoms with van der Waals surface area (Å²) in [4.78, 5) is 21.8. The fourth-order valence-corrected chi connectivity index (χ4v) is 4.12. The number of nitrogens with one attached hydrogen (secondary N) is 1. The molecule has 3 saturated carbocycles. The van der Waals surface area contributed by atoms with Crippen molar-refractivity contribution in [3.8, 4) is 0 Å². The molecule has 0 radical (unpaired) electrons. The van der Waals surface area contributed by atoms with Crippen LogP contribution in [-0.2, 0) is 10.2 Å². The molecule has 5 heteroatoms. The van der Waals surface area contributed by atoms with Crippen LogP contribution in [-0.4, -0.2) is 16.4 Å². The van der Waals surface area contributed by atoms with Gasteiger partial charge in [0.2, 0.25) is 5.91 Å². The zero-order valence-corrected chi connectivity index (χ0v) is 12.2. The molecule has 1 aromatic rings. The predicted octanol–water partition coefficient (Wildman–Crippen LogP) is 3.08. The van der Waals surface area contributed by atoms with Gasteiger partial charge in [-0.05, 0) is 49.5 Å². The SMILES string of the molecule is CC(=O)NC12CCC(c3ccc([N+](=O)[O-])cc3)(CC1)CC2. The molecule has 0 atom stereocenters. The van der Waals surface area contributed by atoms with Crippen LogP contribution in [0.4, 0.5) is 5.69 Å². The number of rotatable bonds is 3. The van der Waals surface area contributed by atoms with E-state index in [4.69, 9.17) is 0 Å². The van der Waals surface area contributed by atoms with Gasteiger partial charge in [0, 0.05) is 24.6 Å². The van der Waals surface area contributed by atoms with Crippen LogP contribution >= 0.6 is 0 Å². The second kappa shape index (κ2) is 4.83. The summed E-state index contributed by atoms with van der Waals surface area (Å²) in [5.74, 6) is 0.0553. The minimum Gasteiger partial charge on any atom is -0.351 e. The number of non-ortho nitro benzene ring substituents is 1. The van der Waals surface area contributed by atoms with Crippen LogP contribution in [0.15, 0.2) is 24.3 Å². The highest BCUT2D eigenvalue weighted by atomic mass is 16.6. The molecule has 3 aliphatic rings. The fraction of sp³-hybridized carbons (Fsp3) is 0.562. The van der Waals surface area contributed by atoms with Crippen molar-refractivity contribution >= 4 is 11.6 Å². The Kier molecular flexibility index (Phi) is 3.23. The summed E-state index contributed by atoms with van der Waals surface area (Å²) in [5.41, 5.74) is 1.50. The first-order valence-electron chi connectivity index (χ1n) is 7.49. The Morgan fingerprint density at radius 1 is 1.10 bits per heavy atom. The first-order valence-corrected chi connectivity index (χ1v) is 7.49. The van der Waals surface area contributed by atoms with Gasteiger partial charge in [-0.3, -0.25) is 14.9 Å². The summed E-state index contributed by atoms with van der Waals surface area (Å²) in [6, 6.07) is 7.03. The van der Waals surface area contributed by atoms with Crippen molar-refractivity contribution < 1.29 is 9.72 Å². The number of fused-ring (bicyclic) bond motifs is 3. The second-order valence-corrected chi connectivity index (χ2v) is 6.55. The largest absolute Gasteiger partial charge is 0.351 e. The summed E-state index contributed by atoms with van der Waals surface area (Å²) >= 11 is 0. The van der Waals surface area contributed by atoms with Crippen LogP contribution in [0.25, 0.3) is 0 Å². The topological polar surface area (TPSA) is 72.2 Å². The Bertz CT molecular complexity index is 555. The van der Waals surface area contributed by atoms with Gasteiger partial charge >= 0.3 is 0 Å². The Morgan fingerprint density at radius 2 is 1.62 bits per heavy atom. The molecule has 1 N–H and O–H groups in total. The van der Waals surface area contributed by atoms with E-state index in [2.05, 4.69) is 5.32 Å². The van der Waals surface area contributed by atoms with Crippen LogP contribution in [0, 0.1) is 10.1 Å². The normalized spacial score (nSPS) is 30.9. The van der Waals surface area contributed by atoms with E-state index in [1.807, 2.05) is 12.1 Å². The minimum absolute atomic E-state index is 0.00559. The van der Waals surface area contributed by atoms with Crippen molar-refractivity contribution in [2.75, 3.05) is 0 Å². The molecule has 1 amide bonds. The maximum Gasteiger partial charge on any atom is 0.269 e. The average Bonchev–Trinajstić information content (AvgIpc) is 2.48. The van der Waals surface area contributed by atoms with Crippen LogP contribution in [0.2, 0.25) is 0 Å². The van der Waals surface area contributed by atoms with Gasteiger partial charge in [0.25, 0.3) is 5.69 Å². The smallest absolute Gasteiger partial charge is 0.269 e. The maximum absolute atomic E-state index is 11.4. The summed E-state index contributed by atoms with van der Waals surface area (Å²) < 4.78 is 0. The Labute approximate surface area is 123 Å². The van der Waals surface area contributed by atoms with Gasteiger partial charge in [-0.25, -0.2) is 0 Å². The zero-order valence-electron chi connectivity index (χ0n) is 12.2. The molecule has 1 aromatic carbocycles. The van der Waals surface area contributed by atoms with Crippen molar-refractivity contribution in [1.29, 1.82) is 0 Å². The molecule has 0 heterocycles. The quantitative estimate of drug-likeness (QED) is 0.686. The van der Waals surface area contributed by atoms with Gasteiger partial charge < -0.3 is 5.32 Å². The van der Waals surface area contributed by atoms with Crippen LogP contribution < -0.4 is 5.32 Å². The van der Waals surface area contributed by atoms with Crippen LogP contribution in [0.1, 0.15) is 51.0 Å². The molecule has 5 nitrogen and oxygen atoms in total. The third-order valence-electron chi connectivity index (χ3n) is 5.38. The highest BCUT2D eigenvalue weighted by Gasteiger charge is 2.49. The summed E-state index contributed by atoms with van der Waals surface area (Å²) in [6.07, 6.45) is 6.15. The van der Waals surface area contributed by atoms with Crippen LogP contribution in [0.5, 0.6) is 0 Å². The van der Waals surface area contributed by atoms with E-state index >= 15 is 0 Å². The van der Waals surface area contributed by atoms with E-state index < -0.39 is 0 Å². The molecular weight excluding hydrogens is 268 g/mol. The standard InChI is InChI=1S/C16H20N2O3/c1-12(19)17-16-9-6-15(7-10-16,8-11-16)13-2-4-14(5-3-13)18(20)21/h2-5H,6-11H2,1H3,(H,17,19). The Balaban J connectivity index is 1.79. The molecule has 0 aliphatic heterocycles. The molecule has 112 valence electrons. The number of benzene rings is 1. The Hall–Kier alpha value is -1.91. The van der Waals surface area contributed by atoms with Crippen molar-refractivity contribution in [1.82, 2.24) is 5.32 Å². The number of nitro groups is 1. The van der Waals surface area contributed by atoms with Crippen molar-refractivity contribution in [3.63, 3.8) is 0 Å². The third-order valence-corrected chi connectivity index (χ3v) is 5.38. The molecule has 0 spiro atoms. The van der Waals surface area contributed by atoms with Gasteiger partial charge in [-0.1, -0.05) is 12.1 Å². The number of hydrogen-bond donors (Lipinski definition) is 1. The lowest BCUT2D eigenvalue weighted by molar-refractivity contribution is -0.384. The monoisotopic (exact) mass is 288 g/mol. The van der Waals surface area contributed by atoms with Crippen LogP contribution in [0.3, 0.4) is 0 Å². The Morgan fingerprint density at radius 3 is 2.05 bits per heavy atom. The molecule has 3 aliphatic carbocycles. The summed E-state index contributed by atoms with van der Waals surface area (Å²) in [6.45, 7) is 1.58. The molecular formula is C16H20N2O3. The zero-order chi connectivity index (χ0) is 15.1. The first kappa shape index (κ1) is 14.0. The highest BCUT2D eigenvalue weighted by molar-refractivity contribution is 5.74. The lowest BCUT2D eigenvalue weighted by atomic mass is 9.55. The fourth-order valence-electron chi connectivity index (χ4n) is 4.12. The minimum atomic E-state index is -0.356. The lowest BCUT2D eigenvalue weighted by Crippen LogP contribution is -2.57. The molecule has 0 unspecified atom stereocenters. The number of amides is 1. The molecule has 3 fully saturated rings. The van der Waals surface area contributed by atoms with Gasteiger partial charge in [0.1, 0.15) is 0 Å². The van der Waals surface area contributed by atoms with Gasteiger partial charge in [0.15, 0.2) is 0 Å². The second-order valence-electron chi connectivity index (χ2n) is 6.55. The highest BCUT2D eigenvalue weighted by Crippen LogP contribution is 2.53. The lowest BCUT2D eigenvalue weighted by Gasteiger charge is -2.54. The van der Waals surface area contributed by atoms with Crippen molar-refractivity contribution in [3.05, 3.63) is 39.9 Å². The number of nitro benzene ring substituents is 1. The van der Waals surface area contributed by atoms with Gasteiger partial charge in [-0.15, -0.1) is 0 Å². The van der Waals surface area contributed by atoms with E-state index in [0.717, 1.165) is 38.5 Å². The van der Waals surface area contributed by atoms with E-state index in [1.165, 1.54) is 5.56 Å². The number of carbonyl (C=O) groups is 1. The average molecular weight is 288 g/mol. The number of nitrogens with zero attached hydrogens (tertiary/aromatic N) is 1. The van der Waals surface area contributed by atoms with E-state index in [-0.39, 0.29) is 27.5 Å². The van der Waals surface area contributed by atoms with E-state index in [0.29, 0.717) is 0 Å². The number of carbonyl (C=O) groups excluding carboxylic acids is 1. The van der Waals surface area contributed by atoms with Gasteiger partial charge in [-0.2, -0.15) is 0 Å². The van der Waals surface area contributed by atoms with E-state index in [1.54, 1.807) is 19.1 Å². The predicted molar refractivity (Wildman–Crippen MR) is 79.0 cm³/mol. The molecule has 0 saturated heterocycles. The summed E-state index contributed by atoms with van der Waals surface area (Å²) in [7, 11) is 0. The van der Waals surface area contributed by atoms with Crippen molar-refractivity contribution in [2.45, 2.75) is 56.4 Å². The maximum atomic E-state index is 11.4. The summed E-state index contributed by atoms with van der Waals surface area (Å²) in [5, 5.41) is 13.9. The van der Waals surface area contributed by atoms with Crippen molar-refractivity contribution in [2.24, 2.45) is 0 Å². The number of hydrogen-bond acceptors (Lipinski definition) is 3. The first-order chi connectivity index (χ1) is 9.95. The van der Waals surface area contributed by atoms with E-state index in [9.17, 15) is 14.9 Å². The molecule has 0 aromatic heterocycles.